The van der Waals surface area contributed by atoms with Gasteiger partial charge in [0.15, 0.2) is 0 Å². The highest BCUT2D eigenvalue weighted by molar-refractivity contribution is 5.89. The molecule has 0 aromatic rings. The van der Waals surface area contributed by atoms with Crippen molar-refractivity contribution in [2.75, 3.05) is 20.6 Å². The summed E-state index contributed by atoms with van der Waals surface area (Å²) in [5, 5.41) is 12.4. The van der Waals surface area contributed by atoms with Crippen LogP contribution in [-0.2, 0) is 14.4 Å². The van der Waals surface area contributed by atoms with Gasteiger partial charge in [-0.05, 0) is 11.8 Å². The molecule has 2 N–H and O–H groups in total. The first-order chi connectivity index (χ1) is 10.0. The number of likely N-dealkylation sites (N-methyl/N-ethyl adjacent to an activating group) is 1. The summed E-state index contributed by atoms with van der Waals surface area (Å²) in [6.45, 7) is 8.96. The van der Waals surface area contributed by atoms with Crippen LogP contribution in [0.2, 0.25) is 0 Å². The molecule has 3 amide bonds. The Kier molecular flexibility index (Phi) is 7.80. The van der Waals surface area contributed by atoms with Gasteiger partial charge in [-0.15, -0.1) is 6.58 Å². The van der Waals surface area contributed by atoms with Crippen LogP contribution in [0.4, 0.5) is 0 Å². The van der Waals surface area contributed by atoms with Crippen LogP contribution in [0.5, 0.6) is 0 Å². The molecule has 0 heterocycles. The second-order valence-corrected chi connectivity index (χ2v) is 6.49. The first kappa shape index (κ1) is 20.1. The fraction of sp³-hybridized carbons (Fsp3) is 0.667. The van der Waals surface area contributed by atoms with Gasteiger partial charge in [0.2, 0.25) is 18.2 Å². The smallest absolute Gasteiger partial charge is 0.245 e. The van der Waals surface area contributed by atoms with Gasteiger partial charge in [0.05, 0.1) is 12.5 Å². The average Bonchev–Trinajstić information content (AvgIpc) is 2.41. The molecule has 0 aliphatic rings. The molecular formula is C15H27N3O4. The van der Waals surface area contributed by atoms with Crippen LogP contribution in [-0.4, -0.2) is 60.1 Å². The van der Waals surface area contributed by atoms with E-state index in [-0.39, 0.29) is 25.3 Å². The number of hydrogen-bond donors (Lipinski definition) is 2. The topological polar surface area (TPSA) is 90.0 Å². The Bertz CT molecular complexity index is 416. The van der Waals surface area contributed by atoms with Gasteiger partial charge in [0.25, 0.3) is 0 Å². The van der Waals surface area contributed by atoms with Crippen molar-refractivity contribution in [3.8, 4) is 0 Å². The summed E-state index contributed by atoms with van der Waals surface area (Å²) in [5.74, 6) is -1.29. The van der Waals surface area contributed by atoms with Crippen molar-refractivity contribution in [1.82, 2.24) is 15.3 Å². The number of nitrogens with zero attached hydrogens (tertiary/aromatic N) is 2. The maximum absolute atomic E-state index is 12.4. The van der Waals surface area contributed by atoms with E-state index in [0.717, 1.165) is 0 Å². The van der Waals surface area contributed by atoms with E-state index in [1.807, 2.05) is 20.8 Å². The van der Waals surface area contributed by atoms with Gasteiger partial charge in [-0.1, -0.05) is 26.8 Å². The lowest BCUT2D eigenvalue weighted by Crippen LogP contribution is -2.55. The fourth-order valence-electron chi connectivity index (χ4n) is 1.90. The minimum atomic E-state index is -0.703. The van der Waals surface area contributed by atoms with Crippen LogP contribution < -0.4 is 5.32 Å². The molecule has 2 atom stereocenters. The van der Waals surface area contributed by atoms with E-state index < -0.39 is 23.3 Å². The molecule has 22 heavy (non-hydrogen) atoms. The number of amides is 3. The molecule has 0 saturated carbocycles. The third-order valence-electron chi connectivity index (χ3n) is 3.19. The van der Waals surface area contributed by atoms with Crippen LogP contribution in [0.3, 0.4) is 0 Å². The van der Waals surface area contributed by atoms with Crippen LogP contribution >= 0.6 is 0 Å². The lowest BCUT2D eigenvalue weighted by atomic mass is 9.85. The van der Waals surface area contributed by atoms with Gasteiger partial charge < -0.3 is 10.2 Å². The maximum atomic E-state index is 12.4. The SMILES string of the molecule is C=CC[C@H](CN(O)C=O)C(=O)N[C@H](C(=O)N(C)C)C(C)(C)C. The van der Waals surface area contributed by atoms with Crippen molar-refractivity contribution in [1.29, 1.82) is 0 Å². The molecule has 0 radical (unpaired) electrons. The van der Waals surface area contributed by atoms with Gasteiger partial charge in [-0.2, -0.15) is 0 Å². The van der Waals surface area contributed by atoms with Crippen molar-refractivity contribution in [3.05, 3.63) is 12.7 Å². The van der Waals surface area contributed by atoms with Crippen LogP contribution in [0, 0.1) is 11.3 Å². The quantitative estimate of drug-likeness (QED) is 0.298. The molecule has 0 rings (SSSR count). The Labute approximate surface area is 131 Å². The molecule has 0 aliphatic carbocycles. The summed E-state index contributed by atoms with van der Waals surface area (Å²) in [6.07, 6.45) is 2.04. The van der Waals surface area contributed by atoms with Gasteiger partial charge in [0.1, 0.15) is 6.04 Å². The van der Waals surface area contributed by atoms with Gasteiger partial charge in [0, 0.05) is 14.1 Å². The number of carbonyl (C=O) groups is 3. The number of carbonyl (C=O) groups excluding carboxylic acids is 3. The number of hydrogen-bond acceptors (Lipinski definition) is 4. The molecule has 126 valence electrons. The summed E-state index contributed by atoms with van der Waals surface area (Å²) in [5.41, 5.74) is -0.473. The normalized spacial score (nSPS) is 13.7. The van der Waals surface area contributed by atoms with E-state index in [4.69, 9.17) is 0 Å². The third-order valence-corrected chi connectivity index (χ3v) is 3.19. The van der Waals surface area contributed by atoms with Gasteiger partial charge in [-0.25, -0.2) is 5.06 Å². The number of hydroxylamine groups is 2. The monoisotopic (exact) mass is 313 g/mol. The molecule has 0 unspecified atom stereocenters. The minimum Gasteiger partial charge on any atom is -0.347 e. The molecule has 0 bridgehead atoms. The van der Waals surface area contributed by atoms with Gasteiger partial charge in [-0.3, -0.25) is 19.6 Å². The van der Waals surface area contributed by atoms with Crippen LogP contribution in [0.25, 0.3) is 0 Å². The highest BCUT2D eigenvalue weighted by Gasteiger charge is 2.35. The van der Waals surface area contributed by atoms with Crippen molar-refractivity contribution in [2.24, 2.45) is 11.3 Å². The number of allylic oxidation sites excluding steroid dienone is 1. The van der Waals surface area contributed by atoms with Crippen molar-refractivity contribution < 1.29 is 19.6 Å². The molecule has 7 nitrogen and oxygen atoms in total. The molecule has 0 aromatic heterocycles. The summed E-state index contributed by atoms with van der Waals surface area (Å²) in [7, 11) is 3.24. The second-order valence-electron chi connectivity index (χ2n) is 6.49. The molecular weight excluding hydrogens is 286 g/mol. The molecule has 0 aliphatic heterocycles. The average molecular weight is 313 g/mol. The number of nitrogens with one attached hydrogen (secondary N) is 1. The van der Waals surface area contributed by atoms with Crippen molar-refractivity contribution in [3.63, 3.8) is 0 Å². The minimum absolute atomic E-state index is 0.158. The predicted octanol–water partition coefficient (Wildman–Crippen LogP) is 0.645. The van der Waals surface area contributed by atoms with Crippen LogP contribution in [0.1, 0.15) is 27.2 Å². The maximum Gasteiger partial charge on any atom is 0.245 e. The summed E-state index contributed by atoms with van der Waals surface area (Å²) < 4.78 is 0. The lowest BCUT2D eigenvalue weighted by Gasteiger charge is -2.33. The van der Waals surface area contributed by atoms with E-state index in [1.165, 1.54) is 11.0 Å². The predicted molar refractivity (Wildman–Crippen MR) is 82.9 cm³/mol. The Hall–Kier alpha value is -1.89. The zero-order valence-corrected chi connectivity index (χ0v) is 14.0. The number of rotatable bonds is 8. The van der Waals surface area contributed by atoms with Crippen molar-refractivity contribution >= 4 is 18.2 Å². The Balaban J connectivity index is 5.15. The summed E-state index contributed by atoms with van der Waals surface area (Å²) >= 11 is 0. The zero-order valence-electron chi connectivity index (χ0n) is 14.0. The Morgan fingerprint density at radius 1 is 1.32 bits per heavy atom. The van der Waals surface area contributed by atoms with E-state index in [1.54, 1.807) is 14.1 Å². The highest BCUT2D eigenvalue weighted by Crippen LogP contribution is 2.21. The van der Waals surface area contributed by atoms with E-state index in [9.17, 15) is 19.6 Å². The van der Waals surface area contributed by atoms with Crippen molar-refractivity contribution in [2.45, 2.75) is 33.2 Å². The standard InChI is InChI=1S/C15H27N3O4/c1-7-8-11(9-18(22)10-19)13(20)16-12(15(2,3)4)14(21)17(5)6/h7,10-12,22H,1,8-9H2,2-6H3,(H,16,20)/t11-,12-/m1/s1. The highest BCUT2D eigenvalue weighted by atomic mass is 16.5. The second kappa shape index (κ2) is 8.53. The summed E-state index contributed by atoms with van der Waals surface area (Å²) in [4.78, 5) is 36.6. The van der Waals surface area contributed by atoms with Gasteiger partial charge >= 0.3 is 0 Å². The molecule has 0 spiro atoms. The third kappa shape index (κ3) is 6.26. The summed E-state index contributed by atoms with van der Waals surface area (Å²) in [6, 6.07) is -0.703. The molecule has 7 heteroatoms. The zero-order chi connectivity index (χ0) is 17.5. The Morgan fingerprint density at radius 2 is 1.86 bits per heavy atom. The van der Waals surface area contributed by atoms with E-state index in [2.05, 4.69) is 11.9 Å². The lowest BCUT2D eigenvalue weighted by molar-refractivity contribution is -0.155. The van der Waals surface area contributed by atoms with Crippen LogP contribution in [0.15, 0.2) is 12.7 Å². The van der Waals surface area contributed by atoms with E-state index in [0.29, 0.717) is 5.06 Å². The molecule has 0 saturated heterocycles. The van der Waals surface area contributed by atoms with E-state index >= 15 is 0 Å². The molecule has 0 aromatic carbocycles. The Morgan fingerprint density at radius 3 is 2.23 bits per heavy atom. The fourth-order valence-corrected chi connectivity index (χ4v) is 1.90. The molecule has 0 fully saturated rings. The first-order valence-corrected chi connectivity index (χ1v) is 7.07. The largest absolute Gasteiger partial charge is 0.347 e. The first-order valence-electron chi connectivity index (χ1n) is 7.07.